The Balaban J connectivity index is 1.51. The fourth-order valence-corrected chi connectivity index (χ4v) is 6.04. The number of benzene rings is 2. The van der Waals surface area contributed by atoms with Crippen molar-refractivity contribution in [2.75, 3.05) is 32.7 Å². The van der Waals surface area contributed by atoms with E-state index in [2.05, 4.69) is 15.9 Å². The third kappa shape index (κ3) is 5.88. The molecule has 1 N–H and O–H groups in total. The van der Waals surface area contributed by atoms with Gasteiger partial charge in [-0.15, -0.1) is 0 Å². The van der Waals surface area contributed by atoms with Gasteiger partial charge in [0.2, 0.25) is 5.91 Å². The van der Waals surface area contributed by atoms with Crippen LogP contribution in [0.4, 0.5) is 0 Å². The lowest BCUT2D eigenvalue weighted by molar-refractivity contribution is -0.142. The SMILES string of the molecule is CC(C)(C)C(=O)N1CCCC(CCN2CCC(O)(c3ccccc3)CC2)(c2ccc(Cl)c(Cl)c2)C1. The average Bonchev–Trinajstić information content (AvgIpc) is 2.85. The van der Waals surface area contributed by atoms with Crippen LogP contribution in [0.1, 0.15) is 64.0 Å². The van der Waals surface area contributed by atoms with Gasteiger partial charge >= 0.3 is 0 Å². The van der Waals surface area contributed by atoms with E-state index in [0.717, 1.165) is 69.4 Å². The Morgan fingerprint density at radius 2 is 1.63 bits per heavy atom. The fourth-order valence-electron chi connectivity index (χ4n) is 5.75. The van der Waals surface area contributed by atoms with E-state index in [1.165, 1.54) is 0 Å². The van der Waals surface area contributed by atoms with E-state index in [1.807, 2.05) is 63.2 Å². The minimum atomic E-state index is -0.750. The number of nitrogens with zero attached hydrogens (tertiary/aromatic N) is 2. The smallest absolute Gasteiger partial charge is 0.227 e. The van der Waals surface area contributed by atoms with E-state index in [1.54, 1.807) is 0 Å². The molecule has 2 heterocycles. The number of hydrogen-bond donors (Lipinski definition) is 1. The fraction of sp³-hybridized carbons (Fsp3) is 0.552. The predicted molar refractivity (Wildman–Crippen MR) is 144 cm³/mol. The lowest BCUT2D eigenvalue weighted by atomic mass is 9.71. The highest BCUT2D eigenvalue weighted by Crippen LogP contribution is 2.41. The van der Waals surface area contributed by atoms with Crippen LogP contribution >= 0.6 is 23.2 Å². The van der Waals surface area contributed by atoms with Crippen molar-refractivity contribution in [2.45, 2.75) is 63.9 Å². The van der Waals surface area contributed by atoms with Crippen molar-refractivity contribution < 1.29 is 9.90 Å². The average molecular weight is 518 g/mol. The molecule has 35 heavy (non-hydrogen) atoms. The van der Waals surface area contributed by atoms with Gasteiger partial charge in [-0.2, -0.15) is 0 Å². The Kier molecular flexibility index (Phi) is 7.88. The normalized spacial score (nSPS) is 23.3. The molecule has 190 valence electrons. The van der Waals surface area contributed by atoms with E-state index >= 15 is 0 Å². The second-order valence-corrected chi connectivity index (χ2v) is 12.3. The summed E-state index contributed by atoms with van der Waals surface area (Å²) in [5, 5.41) is 12.4. The van der Waals surface area contributed by atoms with Crippen LogP contribution in [0.2, 0.25) is 10.0 Å². The standard InChI is InChI=1S/C29H38Cl2N2O2/c1-27(2,3)26(34)33-16-7-12-28(21-33,23-10-11-24(30)25(31)20-23)13-17-32-18-14-29(35,15-19-32)22-8-5-4-6-9-22/h4-6,8-11,20,35H,7,12-19,21H2,1-3H3. The topological polar surface area (TPSA) is 43.8 Å². The second kappa shape index (κ2) is 10.4. The number of aliphatic hydroxyl groups is 1. The van der Waals surface area contributed by atoms with Crippen molar-refractivity contribution in [1.29, 1.82) is 0 Å². The summed E-state index contributed by atoms with van der Waals surface area (Å²) in [5.74, 6) is 0.201. The van der Waals surface area contributed by atoms with Gasteiger partial charge < -0.3 is 14.9 Å². The molecule has 6 heteroatoms. The van der Waals surface area contributed by atoms with Gasteiger partial charge in [-0.3, -0.25) is 4.79 Å². The molecule has 1 unspecified atom stereocenters. The van der Waals surface area contributed by atoms with Crippen LogP contribution < -0.4 is 0 Å². The largest absolute Gasteiger partial charge is 0.385 e. The molecule has 1 atom stereocenters. The molecular weight excluding hydrogens is 479 g/mol. The van der Waals surface area contributed by atoms with Crippen molar-refractivity contribution in [3.05, 3.63) is 69.7 Å². The van der Waals surface area contributed by atoms with Crippen molar-refractivity contribution >= 4 is 29.1 Å². The molecule has 0 saturated carbocycles. The zero-order chi connectivity index (χ0) is 25.3. The molecule has 0 radical (unpaired) electrons. The number of likely N-dealkylation sites (tertiary alicyclic amines) is 2. The molecule has 2 saturated heterocycles. The second-order valence-electron chi connectivity index (χ2n) is 11.5. The van der Waals surface area contributed by atoms with E-state index in [0.29, 0.717) is 16.6 Å². The Labute approximate surface area is 220 Å². The summed E-state index contributed by atoms with van der Waals surface area (Å²) in [5.41, 5.74) is 0.849. The Bertz CT molecular complexity index is 1030. The monoisotopic (exact) mass is 516 g/mol. The summed E-state index contributed by atoms with van der Waals surface area (Å²) >= 11 is 12.7. The van der Waals surface area contributed by atoms with Gasteiger partial charge in [0.05, 0.1) is 15.6 Å². The molecule has 2 aliphatic heterocycles. The van der Waals surface area contributed by atoms with Gasteiger partial charge in [0.15, 0.2) is 0 Å². The van der Waals surface area contributed by atoms with E-state index < -0.39 is 11.0 Å². The minimum Gasteiger partial charge on any atom is -0.385 e. The molecule has 2 aromatic rings. The van der Waals surface area contributed by atoms with E-state index in [9.17, 15) is 9.90 Å². The maximum atomic E-state index is 13.2. The van der Waals surface area contributed by atoms with Crippen molar-refractivity contribution in [3.63, 3.8) is 0 Å². The molecule has 4 nitrogen and oxygen atoms in total. The molecule has 2 aromatic carbocycles. The van der Waals surface area contributed by atoms with Crippen LogP contribution in [-0.4, -0.2) is 53.5 Å². The summed E-state index contributed by atoms with van der Waals surface area (Å²) in [6, 6.07) is 16.0. The molecule has 0 aromatic heterocycles. The van der Waals surface area contributed by atoms with E-state index in [4.69, 9.17) is 23.2 Å². The molecule has 2 fully saturated rings. The van der Waals surface area contributed by atoms with Gasteiger partial charge in [0.1, 0.15) is 0 Å². The first-order chi connectivity index (χ1) is 16.5. The van der Waals surface area contributed by atoms with Crippen LogP contribution in [-0.2, 0) is 15.8 Å². The van der Waals surface area contributed by atoms with Crippen LogP contribution in [0.15, 0.2) is 48.5 Å². The number of amides is 1. The molecule has 2 aliphatic rings. The van der Waals surface area contributed by atoms with Crippen molar-refractivity contribution in [2.24, 2.45) is 5.41 Å². The summed E-state index contributed by atoms with van der Waals surface area (Å²) in [6.45, 7) is 10.1. The summed E-state index contributed by atoms with van der Waals surface area (Å²) in [6.07, 6.45) is 4.37. The van der Waals surface area contributed by atoms with Gasteiger partial charge in [-0.1, -0.05) is 80.4 Å². The Morgan fingerprint density at radius 3 is 2.26 bits per heavy atom. The third-order valence-corrected chi connectivity index (χ3v) is 8.68. The highest BCUT2D eigenvalue weighted by Gasteiger charge is 2.42. The lowest BCUT2D eigenvalue weighted by Gasteiger charge is -2.46. The zero-order valence-corrected chi connectivity index (χ0v) is 22.7. The highest BCUT2D eigenvalue weighted by atomic mass is 35.5. The molecular formula is C29H38Cl2N2O2. The maximum Gasteiger partial charge on any atom is 0.227 e. The summed E-state index contributed by atoms with van der Waals surface area (Å²) in [7, 11) is 0. The van der Waals surface area contributed by atoms with E-state index in [-0.39, 0.29) is 11.3 Å². The quantitative estimate of drug-likeness (QED) is 0.508. The maximum absolute atomic E-state index is 13.2. The summed E-state index contributed by atoms with van der Waals surface area (Å²) < 4.78 is 0. The van der Waals surface area contributed by atoms with Gasteiger partial charge in [-0.05, 0) is 61.9 Å². The summed E-state index contributed by atoms with van der Waals surface area (Å²) in [4.78, 5) is 17.7. The zero-order valence-electron chi connectivity index (χ0n) is 21.2. The molecule has 4 rings (SSSR count). The van der Waals surface area contributed by atoms with Gasteiger partial charge in [0.25, 0.3) is 0 Å². The van der Waals surface area contributed by atoms with Crippen LogP contribution in [0.25, 0.3) is 0 Å². The first kappa shape index (κ1) is 26.5. The number of halogens is 2. The number of hydrogen-bond acceptors (Lipinski definition) is 3. The minimum absolute atomic E-state index is 0.166. The first-order valence-electron chi connectivity index (χ1n) is 12.8. The van der Waals surface area contributed by atoms with Gasteiger partial charge in [0, 0.05) is 37.0 Å². The van der Waals surface area contributed by atoms with Crippen LogP contribution in [0.5, 0.6) is 0 Å². The molecule has 0 bridgehead atoms. The number of piperidine rings is 2. The molecule has 1 amide bonds. The Hall–Kier alpha value is -1.59. The molecule has 0 spiro atoms. The predicted octanol–water partition coefficient (Wildman–Crippen LogP) is 6.27. The van der Waals surface area contributed by atoms with Crippen molar-refractivity contribution in [3.8, 4) is 0 Å². The Morgan fingerprint density at radius 1 is 0.943 bits per heavy atom. The number of carbonyl (C=O) groups is 1. The lowest BCUT2D eigenvalue weighted by Crippen LogP contribution is -2.53. The van der Waals surface area contributed by atoms with Crippen LogP contribution in [0.3, 0.4) is 0 Å². The third-order valence-electron chi connectivity index (χ3n) is 7.94. The van der Waals surface area contributed by atoms with Crippen molar-refractivity contribution in [1.82, 2.24) is 9.80 Å². The molecule has 0 aliphatic carbocycles. The highest BCUT2D eigenvalue weighted by molar-refractivity contribution is 6.42. The van der Waals surface area contributed by atoms with Crippen LogP contribution in [0, 0.1) is 5.41 Å². The number of carbonyl (C=O) groups excluding carboxylic acids is 1. The van der Waals surface area contributed by atoms with Gasteiger partial charge in [-0.25, -0.2) is 0 Å². The first-order valence-corrected chi connectivity index (χ1v) is 13.5. The number of rotatable bonds is 5.